The van der Waals surface area contributed by atoms with Gasteiger partial charge in [0.15, 0.2) is 5.82 Å². The molecule has 0 fully saturated rings. The van der Waals surface area contributed by atoms with E-state index in [0.29, 0.717) is 28.2 Å². The molecule has 3 amide bonds. The fourth-order valence-corrected chi connectivity index (χ4v) is 5.55. The number of methoxy groups -OCH3 is 1. The second-order valence-electron chi connectivity index (χ2n) is 10.5. The summed E-state index contributed by atoms with van der Waals surface area (Å²) < 4.78 is 34.0. The van der Waals surface area contributed by atoms with Gasteiger partial charge in [0, 0.05) is 30.1 Å². The predicted octanol–water partition coefficient (Wildman–Crippen LogP) is 5.94. The lowest BCUT2D eigenvalue weighted by atomic mass is 9.91. The van der Waals surface area contributed by atoms with E-state index in [0.717, 1.165) is 12.1 Å². The zero-order valence-corrected chi connectivity index (χ0v) is 24.1. The molecule has 0 spiro atoms. The highest BCUT2D eigenvalue weighted by Gasteiger charge is 2.33. The van der Waals surface area contributed by atoms with E-state index < -0.39 is 47.6 Å². The predicted molar refractivity (Wildman–Crippen MR) is 157 cm³/mol. The molecule has 0 saturated carbocycles. The summed E-state index contributed by atoms with van der Waals surface area (Å²) in [4.78, 5) is 44.5. The number of amides is 3. The molecular formula is C31H29ClF2N4O5. The molecule has 2 aliphatic rings. The molecule has 43 heavy (non-hydrogen) atoms. The minimum atomic E-state index is -1.05. The Morgan fingerprint density at radius 1 is 1.16 bits per heavy atom. The van der Waals surface area contributed by atoms with E-state index in [2.05, 4.69) is 20.4 Å². The molecule has 1 aromatic heterocycles. The van der Waals surface area contributed by atoms with E-state index >= 15 is 0 Å². The number of pyridine rings is 1. The van der Waals surface area contributed by atoms with Crippen LogP contribution in [0, 0.1) is 17.6 Å². The van der Waals surface area contributed by atoms with Crippen molar-refractivity contribution in [3.05, 3.63) is 82.7 Å². The molecule has 3 aromatic rings. The minimum absolute atomic E-state index is 0.137. The fourth-order valence-electron chi connectivity index (χ4n) is 5.39. The van der Waals surface area contributed by atoms with Crippen LogP contribution >= 0.6 is 11.6 Å². The van der Waals surface area contributed by atoms with Crippen LogP contribution in [0.2, 0.25) is 5.02 Å². The smallest absolute Gasteiger partial charge is 0.411 e. The number of aromatic nitrogens is 1. The van der Waals surface area contributed by atoms with E-state index in [1.54, 1.807) is 48.4 Å². The Hall–Kier alpha value is -4.35. The highest BCUT2D eigenvalue weighted by Crippen LogP contribution is 2.38. The maximum atomic E-state index is 14.7. The number of nitrogens with zero attached hydrogens (tertiary/aromatic N) is 2. The SMILES string of the molecule is COC(=O)Nc1ccc2c(c1)NC(=O)C(C)C(O)CCC(N1CCC(c3c(F)ccc(Cl)c3F)=CC1=O)c1cc-2ccn1. The summed E-state index contributed by atoms with van der Waals surface area (Å²) in [5, 5.41) is 16.1. The second-order valence-corrected chi connectivity index (χ2v) is 10.9. The number of carbonyl (C=O) groups excluding carboxylic acids is 3. The lowest BCUT2D eigenvalue weighted by Crippen LogP contribution is -2.39. The lowest BCUT2D eigenvalue weighted by Gasteiger charge is -2.35. The number of ether oxygens (including phenoxy) is 1. The zero-order chi connectivity index (χ0) is 30.8. The molecular weight excluding hydrogens is 582 g/mol. The van der Waals surface area contributed by atoms with Gasteiger partial charge in [0.2, 0.25) is 11.8 Å². The van der Waals surface area contributed by atoms with Gasteiger partial charge in [-0.05, 0) is 66.8 Å². The standard InChI is InChI=1S/C31H29ClF2N4O5/c1-16-26(39)8-7-25(38-12-10-18(14-27(38)40)28-22(33)6-5-21(32)29(28)34)24-13-17(9-11-35-24)20-4-3-19(36-31(42)43-2)15-23(20)37-30(16)41/h3-6,9,11,13-16,25-26,39H,7-8,10,12H2,1-2H3,(H,36,42)(H,37,41). The first-order valence-corrected chi connectivity index (χ1v) is 14.0. The Labute approximate surface area is 251 Å². The Morgan fingerprint density at radius 3 is 2.70 bits per heavy atom. The maximum absolute atomic E-state index is 14.7. The Morgan fingerprint density at radius 2 is 1.95 bits per heavy atom. The van der Waals surface area contributed by atoms with Gasteiger partial charge < -0.3 is 20.1 Å². The van der Waals surface area contributed by atoms with Gasteiger partial charge in [-0.2, -0.15) is 0 Å². The van der Waals surface area contributed by atoms with Crippen LogP contribution in [0.15, 0.2) is 54.7 Å². The van der Waals surface area contributed by atoms with Gasteiger partial charge in [-0.1, -0.05) is 24.6 Å². The van der Waals surface area contributed by atoms with Gasteiger partial charge in [0.1, 0.15) is 5.82 Å². The van der Waals surface area contributed by atoms with Crippen LogP contribution in [-0.2, 0) is 14.3 Å². The molecule has 2 aromatic carbocycles. The number of hydrogen-bond acceptors (Lipinski definition) is 6. The molecule has 3 atom stereocenters. The first-order valence-electron chi connectivity index (χ1n) is 13.7. The Balaban J connectivity index is 1.55. The number of benzene rings is 2. The number of fused-ring (bicyclic) bond motifs is 4. The molecule has 224 valence electrons. The van der Waals surface area contributed by atoms with Crippen molar-refractivity contribution in [1.82, 2.24) is 9.88 Å². The van der Waals surface area contributed by atoms with Crippen molar-refractivity contribution in [2.75, 3.05) is 24.3 Å². The van der Waals surface area contributed by atoms with Crippen molar-refractivity contribution in [1.29, 1.82) is 0 Å². The van der Waals surface area contributed by atoms with Crippen LogP contribution in [0.3, 0.4) is 0 Å². The average Bonchev–Trinajstić information content (AvgIpc) is 2.99. The fraction of sp³-hybridized carbons (Fsp3) is 0.290. The first kappa shape index (κ1) is 30.1. The van der Waals surface area contributed by atoms with Crippen LogP contribution in [0.25, 0.3) is 16.7 Å². The highest BCUT2D eigenvalue weighted by molar-refractivity contribution is 6.31. The van der Waals surface area contributed by atoms with E-state index in [1.165, 1.54) is 13.2 Å². The number of halogens is 3. The second kappa shape index (κ2) is 12.5. The number of carbonyl (C=O) groups is 3. The van der Waals surface area contributed by atoms with Gasteiger partial charge in [-0.25, -0.2) is 13.6 Å². The Kier molecular flexibility index (Phi) is 8.74. The van der Waals surface area contributed by atoms with Crippen molar-refractivity contribution in [3.8, 4) is 11.1 Å². The van der Waals surface area contributed by atoms with Crippen molar-refractivity contribution in [2.24, 2.45) is 5.92 Å². The summed E-state index contributed by atoms with van der Waals surface area (Å²) in [7, 11) is 1.24. The van der Waals surface area contributed by atoms with Crippen molar-refractivity contribution >= 4 is 46.5 Å². The van der Waals surface area contributed by atoms with E-state index in [9.17, 15) is 28.3 Å². The van der Waals surface area contributed by atoms with Crippen LogP contribution in [-0.4, -0.2) is 52.7 Å². The first-order chi connectivity index (χ1) is 20.6. The van der Waals surface area contributed by atoms with Gasteiger partial charge >= 0.3 is 6.09 Å². The van der Waals surface area contributed by atoms with E-state index in [1.807, 2.05) is 0 Å². The number of anilines is 2. The number of nitrogens with one attached hydrogen (secondary N) is 2. The number of hydrogen-bond donors (Lipinski definition) is 3. The summed E-state index contributed by atoms with van der Waals surface area (Å²) in [6.45, 7) is 1.74. The number of aliphatic hydroxyl groups is 1. The third-order valence-corrected chi connectivity index (χ3v) is 8.11. The molecule has 3 N–H and O–H groups in total. The molecule has 0 aliphatic carbocycles. The summed E-state index contributed by atoms with van der Waals surface area (Å²) >= 11 is 5.88. The summed E-state index contributed by atoms with van der Waals surface area (Å²) in [5.41, 5.74) is 2.49. The quantitative estimate of drug-likeness (QED) is 0.316. The summed E-state index contributed by atoms with van der Waals surface area (Å²) in [6, 6.07) is 10.1. The average molecular weight is 611 g/mol. The van der Waals surface area contributed by atoms with E-state index in [-0.39, 0.29) is 42.0 Å². The zero-order valence-electron chi connectivity index (χ0n) is 23.4. The van der Waals surface area contributed by atoms with Crippen molar-refractivity contribution in [3.63, 3.8) is 0 Å². The number of aliphatic hydroxyl groups excluding tert-OH is 1. The molecule has 5 rings (SSSR count). The van der Waals surface area contributed by atoms with Gasteiger partial charge in [0.05, 0.1) is 47.1 Å². The van der Waals surface area contributed by atoms with Gasteiger partial charge in [-0.3, -0.25) is 19.9 Å². The van der Waals surface area contributed by atoms with Crippen LogP contribution < -0.4 is 10.6 Å². The maximum Gasteiger partial charge on any atom is 0.411 e. The normalized spacial score (nSPS) is 20.7. The third-order valence-electron chi connectivity index (χ3n) is 7.81. The molecule has 0 radical (unpaired) electrons. The summed E-state index contributed by atoms with van der Waals surface area (Å²) in [6.07, 6.45) is 1.67. The highest BCUT2D eigenvalue weighted by atomic mass is 35.5. The minimum Gasteiger partial charge on any atom is -0.453 e. The monoisotopic (exact) mass is 610 g/mol. The van der Waals surface area contributed by atoms with Crippen LogP contribution in [0.4, 0.5) is 25.0 Å². The topological polar surface area (TPSA) is 121 Å². The Bertz CT molecular complexity index is 1630. The molecule has 2 aliphatic heterocycles. The van der Waals surface area contributed by atoms with Gasteiger partial charge in [-0.15, -0.1) is 0 Å². The lowest BCUT2D eigenvalue weighted by molar-refractivity contribution is -0.129. The molecule has 3 unspecified atom stereocenters. The molecule has 12 heteroatoms. The number of rotatable bonds is 3. The summed E-state index contributed by atoms with van der Waals surface area (Å²) in [5.74, 6) is -3.44. The largest absolute Gasteiger partial charge is 0.453 e. The van der Waals surface area contributed by atoms with Crippen molar-refractivity contribution < 1.29 is 33.0 Å². The van der Waals surface area contributed by atoms with Crippen molar-refractivity contribution in [2.45, 2.75) is 38.3 Å². The van der Waals surface area contributed by atoms with Crippen LogP contribution in [0.5, 0.6) is 0 Å². The molecule has 9 nitrogen and oxygen atoms in total. The van der Waals surface area contributed by atoms with Crippen LogP contribution in [0.1, 0.15) is 43.5 Å². The molecule has 2 bridgehead atoms. The third kappa shape index (κ3) is 6.23. The molecule has 0 saturated heterocycles. The van der Waals surface area contributed by atoms with E-state index in [4.69, 9.17) is 11.6 Å². The van der Waals surface area contributed by atoms with Gasteiger partial charge in [0.25, 0.3) is 0 Å². The molecule has 3 heterocycles.